The van der Waals surface area contributed by atoms with E-state index in [1.54, 1.807) is 0 Å². The minimum Gasteiger partial charge on any atom is -0.490 e. The normalized spacial score (nSPS) is 9.76. The zero-order valence-corrected chi connectivity index (χ0v) is 11.3. The lowest BCUT2D eigenvalue weighted by molar-refractivity contribution is -0.385. The van der Waals surface area contributed by atoms with Crippen LogP contribution in [0.15, 0.2) is 18.2 Å². The molecule has 0 spiro atoms. The molecule has 0 aliphatic heterocycles. The summed E-state index contributed by atoms with van der Waals surface area (Å²) in [6.07, 6.45) is 0. The van der Waals surface area contributed by atoms with Crippen LogP contribution in [0.3, 0.4) is 0 Å². The number of hydrogen-bond donors (Lipinski definition) is 1. The van der Waals surface area contributed by atoms with Crippen LogP contribution in [0.2, 0.25) is 0 Å². The fraction of sp³-hybridized carbons (Fsp3) is 0.300. The van der Waals surface area contributed by atoms with E-state index in [4.69, 9.17) is 4.74 Å². The molecule has 6 nitrogen and oxygen atoms in total. The van der Waals surface area contributed by atoms with E-state index < -0.39 is 4.92 Å². The standard InChI is InChI=1S/C10H11IN2O4/c1-17-9-3-2-7(6-8(9)13(15)16)10(14)12-5-4-11/h2-3,6H,4-5H2,1H3,(H,12,14). The molecule has 1 amide bonds. The van der Waals surface area contributed by atoms with E-state index in [1.165, 1.54) is 25.3 Å². The van der Waals surface area contributed by atoms with E-state index in [-0.39, 0.29) is 22.9 Å². The number of benzene rings is 1. The number of carbonyl (C=O) groups is 1. The Morgan fingerprint density at radius 2 is 2.29 bits per heavy atom. The molecule has 0 aliphatic carbocycles. The fourth-order valence-corrected chi connectivity index (χ4v) is 1.51. The molecular weight excluding hydrogens is 339 g/mol. The molecule has 0 unspecified atom stereocenters. The molecule has 0 atom stereocenters. The molecule has 0 aromatic heterocycles. The molecule has 0 fully saturated rings. The number of amides is 1. The zero-order valence-electron chi connectivity index (χ0n) is 9.10. The highest BCUT2D eigenvalue weighted by molar-refractivity contribution is 14.1. The van der Waals surface area contributed by atoms with Gasteiger partial charge in [-0.05, 0) is 12.1 Å². The molecule has 0 saturated carbocycles. The smallest absolute Gasteiger partial charge is 0.311 e. The van der Waals surface area contributed by atoms with Crippen LogP contribution in [0.5, 0.6) is 5.75 Å². The van der Waals surface area contributed by atoms with Gasteiger partial charge in [0.05, 0.1) is 12.0 Å². The Kier molecular flexibility index (Phi) is 5.13. The molecule has 0 radical (unpaired) electrons. The predicted molar refractivity (Wildman–Crippen MR) is 70.9 cm³/mol. The SMILES string of the molecule is COc1ccc(C(=O)NCCI)cc1[N+](=O)[O-]. The van der Waals surface area contributed by atoms with Crippen molar-refractivity contribution in [1.82, 2.24) is 5.32 Å². The van der Waals surface area contributed by atoms with Gasteiger partial charge in [0.15, 0.2) is 5.75 Å². The maximum absolute atomic E-state index is 11.6. The molecular formula is C10H11IN2O4. The van der Waals surface area contributed by atoms with Crippen molar-refractivity contribution >= 4 is 34.2 Å². The van der Waals surface area contributed by atoms with Crippen molar-refractivity contribution in [2.24, 2.45) is 0 Å². The van der Waals surface area contributed by atoms with Crippen LogP contribution in [0.25, 0.3) is 0 Å². The summed E-state index contributed by atoms with van der Waals surface area (Å²) in [7, 11) is 1.35. The number of methoxy groups -OCH3 is 1. The molecule has 0 heterocycles. The molecule has 1 aromatic carbocycles. The Balaban J connectivity index is 2.99. The number of nitrogens with zero attached hydrogens (tertiary/aromatic N) is 1. The molecule has 7 heteroatoms. The van der Waals surface area contributed by atoms with Crippen molar-refractivity contribution in [2.75, 3.05) is 18.1 Å². The number of carbonyl (C=O) groups excluding carboxylic acids is 1. The lowest BCUT2D eigenvalue weighted by Crippen LogP contribution is -2.25. The number of alkyl halides is 1. The fourth-order valence-electron chi connectivity index (χ4n) is 1.24. The average Bonchev–Trinajstić information content (AvgIpc) is 2.34. The lowest BCUT2D eigenvalue weighted by Gasteiger charge is -2.05. The Morgan fingerprint density at radius 1 is 1.59 bits per heavy atom. The highest BCUT2D eigenvalue weighted by Gasteiger charge is 2.17. The van der Waals surface area contributed by atoms with Gasteiger partial charge in [0.1, 0.15) is 0 Å². The molecule has 0 saturated heterocycles. The summed E-state index contributed by atoms with van der Waals surface area (Å²) < 4.78 is 5.63. The van der Waals surface area contributed by atoms with Crippen LogP contribution in [0, 0.1) is 10.1 Å². The Hall–Kier alpha value is -1.38. The monoisotopic (exact) mass is 350 g/mol. The molecule has 0 bridgehead atoms. The number of nitrogens with one attached hydrogen (secondary N) is 1. The van der Waals surface area contributed by atoms with Crippen LogP contribution in [-0.4, -0.2) is 28.9 Å². The van der Waals surface area contributed by atoms with E-state index in [2.05, 4.69) is 27.9 Å². The van der Waals surface area contributed by atoms with Crippen molar-refractivity contribution in [3.8, 4) is 5.75 Å². The molecule has 92 valence electrons. The summed E-state index contributed by atoms with van der Waals surface area (Å²) >= 11 is 2.13. The van der Waals surface area contributed by atoms with Gasteiger partial charge in [0, 0.05) is 22.6 Å². The second-order valence-corrected chi connectivity index (χ2v) is 4.17. The van der Waals surface area contributed by atoms with Crippen LogP contribution in [-0.2, 0) is 0 Å². The maximum atomic E-state index is 11.6. The molecule has 1 N–H and O–H groups in total. The first-order valence-electron chi connectivity index (χ1n) is 4.76. The molecule has 0 aliphatic rings. The van der Waals surface area contributed by atoms with Gasteiger partial charge in [-0.1, -0.05) is 22.6 Å². The Morgan fingerprint density at radius 3 is 2.82 bits per heavy atom. The largest absolute Gasteiger partial charge is 0.490 e. The van der Waals surface area contributed by atoms with Gasteiger partial charge < -0.3 is 10.1 Å². The zero-order chi connectivity index (χ0) is 12.8. The van der Waals surface area contributed by atoms with Gasteiger partial charge in [-0.25, -0.2) is 0 Å². The average molecular weight is 350 g/mol. The van der Waals surface area contributed by atoms with E-state index in [0.29, 0.717) is 6.54 Å². The van der Waals surface area contributed by atoms with Crippen molar-refractivity contribution in [1.29, 1.82) is 0 Å². The second-order valence-electron chi connectivity index (χ2n) is 3.09. The summed E-state index contributed by atoms with van der Waals surface area (Å²) in [5, 5.41) is 13.4. The van der Waals surface area contributed by atoms with Crippen molar-refractivity contribution < 1.29 is 14.5 Å². The number of hydrogen-bond acceptors (Lipinski definition) is 4. The van der Waals surface area contributed by atoms with E-state index in [1.807, 2.05) is 0 Å². The van der Waals surface area contributed by atoms with Crippen molar-refractivity contribution in [3.63, 3.8) is 0 Å². The minimum atomic E-state index is -0.575. The number of nitro groups is 1. The Bertz CT molecular complexity index is 436. The quantitative estimate of drug-likeness (QED) is 0.380. The van der Waals surface area contributed by atoms with E-state index in [9.17, 15) is 14.9 Å². The minimum absolute atomic E-state index is 0.139. The van der Waals surface area contributed by atoms with Gasteiger partial charge in [-0.15, -0.1) is 0 Å². The highest BCUT2D eigenvalue weighted by Crippen LogP contribution is 2.27. The molecule has 1 aromatic rings. The number of ether oxygens (including phenoxy) is 1. The first-order chi connectivity index (χ1) is 8.10. The van der Waals surface area contributed by atoms with Crippen LogP contribution in [0.4, 0.5) is 5.69 Å². The van der Waals surface area contributed by atoms with Gasteiger partial charge in [-0.3, -0.25) is 14.9 Å². The van der Waals surface area contributed by atoms with Crippen molar-refractivity contribution in [2.45, 2.75) is 0 Å². The third kappa shape index (κ3) is 3.55. The Labute approximate surface area is 112 Å². The first kappa shape index (κ1) is 13.7. The maximum Gasteiger partial charge on any atom is 0.311 e. The van der Waals surface area contributed by atoms with Gasteiger partial charge >= 0.3 is 5.69 Å². The van der Waals surface area contributed by atoms with Crippen LogP contribution in [0.1, 0.15) is 10.4 Å². The van der Waals surface area contributed by atoms with Gasteiger partial charge in [0.2, 0.25) is 0 Å². The number of halogens is 1. The first-order valence-corrected chi connectivity index (χ1v) is 6.29. The topological polar surface area (TPSA) is 81.5 Å². The molecule has 1 rings (SSSR count). The summed E-state index contributed by atoms with van der Waals surface area (Å²) in [4.78, 5) is 21.8. The molecule has 17 heavy (non-hydrogen) atoms. The third-order valence-corrected chi connectivity index (χ3v) is 2.56. The van der Waals surface area contributed by atoms with Crippen molar-refractivity contribution in [3.05, 3.63) is 33.9 Å². The summed E-state index contributed by atoms with van der Waals surface area (Å²) in [5.41, 5.74) is 0.0389. The highest BCUT2D eigenvalue weighted by atomic mass is 127. The lowest BCUT2D eigenvalue weighted by atomic mass is 10.1. The number of rotatable bonds is 5. The van der Waals surface area contributed by atoms with Gasteiger partial charge in [0.25, 0.3) is 5.91 Å². The van der Waals surface area contributed by atoms with Gasteiger partial charge in [-0.2, -0.15) is 0 Å². The van der Waals surface area contributed by atoms with E-state index >= 15 is 0 Å². The predicted octanol–water partition coefficient (Wildman–Crippen LogP) is 1.77. The van der Waals surface area contributed by atoms with Crippen LogP contribution >= 0.6 is 22.6 Å². The van der Waals surface area contributed by atoms with Crippen LogP contribution < -0.4 is 10.1 Å². The summed E-state index contributed by atoms with van der Waals surface area (Å²) in [6.45, 7) is 0.527. The van der Waals surface area contributed by atoms with E-state index in [0.717, 1.165) is 4.43 Å². The number of nitro benzene ring substituents is 1. The second kappa shape index (κ2) is 6.38. The third-order valence-electron chi connectivity index (χ3n) is 2.02. The summed E-state index contributed by atoms with van der Waals surface area (Å²) in [5.74, 6) is -0.187. The summed E-state index contributed by atoms with van der Waals surface area (Å²) in [6, 6.07) is 4.12.